The first kappa shape index (κ1) is 17.9. The van der Waals surface area contributed by atoms with Crippen LogP contribution in [0, 0.1) is 5.82 Å². The van der Waals surface area contributed by atoms with Crippen molar-refractivity contribution in [1.29, 1.82) is 0 Å². The van der Waals surface area contributed by atoms with Gasteiger partial charge in [0.25, 0.3) is 0 Å². The van der Waals surface area contributed by atoms with Crippen molar-refractivity contribution in [2.75, 3.05) is 26.2 Å². The Bertz CT molecular complexity index is 760. The first-order chi connectivity index (χ1) is 12.0. The number of rotatable bonds is 5. The van der Waals surface area contributed by atoms with Gasteiger partial charge < -0.3 is 5.73 Å². The lowest BCUT2D eigenvalue weighted by Crippen LogP contribution is -2.45. The fourth-order valence-corrected chi connectivity index (χ4v) is 3.30. The quantitative estimate of drug-likeness (QED) is 0.890. The molecule has 6 heteroatoms. The summed E-state index contributed by atoms with van der Waals surface area (Å²) in [6, 6.07) is 12.0. The molecule has 2 aromatic carbocycles. The van der Waals surface area contributed by atoms with Crippen LogP contribution in [0.5, 0.6) is 0 Å². The van der Waals surface area contributed by atoms with E-state index in [1.54, 1.807) is 12.1 Å². The van der Waals surface area contributed by atoms with E-state index in [1.807, 2.05) is 18.2 Å². The van der Waals surface area contributed by atoms with Gasteiger partial charge in [-0.25, -0.2) is 4.39 Å². The predicted octanol–water partition coefficient (Wildman–Crippen LogP) is 2.90. The van der Waals surface area contributed by atoms with Crippen LogP contribution in [0.25, 0.3) is 0 Å². The molecule has 0 spiro atoms. The molecule has 1 amide bonds. The highest BCUT2D eigenvalue weighted by Crippen LogP contribution is 2.20. The topological polar surface area (TPSA) is 49.6 Å². The van der Waals surface area contributed by atoms with Gasteiger partial charge in [-0.1, -0.05) is 29.8 Å². The molecule has 2 N–H and O–H groups in total. The van der Waals surface area contributed by atoms with Crippen molar-refractivity contribution in [3.8, 4) is 0 Å². The van der Waals surface area contributed by atoms with E-state index in [0.717, 1.165) is 50.4 Å². The molecular weight excluding hydrogens is 341 g/mol. The average Bonchev–Trinajstić information content (AvgIpc) is 2.59. The SMILES string of the molecule is NC(=O)c1cccc(CN2CCN(Cc3ccc(F)cc3Cl)CC2)c1. The molecule has 1 heterocycles. The van der Waals surface area contributed by atoms with Gasteiger partial charge in [-0.05, 0) is 35.4 Å². The van der Waals surface area contributed by atoms with Crippen LogP contribution in [0.4, 0.5) is 4.39 Å². The third-order valence-corrected chi connectivity index (χ3v) is 4.84. The Kier molecular flexibility index (Phi) is 5.68. The van der Waals surface area contributed by atoms with Crippen molar-refractivity contribution in [2.24, 2.45) is 5.73 Å². The van der Waals surface area contributed by atoms with Gasteiger partial charge in [-0.15, -0.1) is 0 Å². The Morgan fingerprint density at radius 2 is 1.72 bits per heavy atom. The zero-order valence-electron chi connectivity index (χ0n) is 13.9. The summed E-state index contributed by atoms with van der Waals surface area (Å²) in [4.78, 5) is 15.9. The lowest BCUT2D eigenvalue weighted by atomic mass is 10.1. The van der Waals surface area contributed by atoms with Gasteiger partial charge in [0.2, 0.25) is 5.91 Å². The minimum atomic E-state index is -0.400. The van der Waals surface area contributed by atoms with Crippen LogP contribution in [0.3, 0.4) is 0 Å². The summed E-state index contributed by atoms with van der Waals surface area (Å²) in [7, 11) is 0. The molecule has 0 saturated carbocycles. The van der Waals surface area contributed by atoms with E-state index >= 15 is 0 Å². The molecule has 0 aliphatic carbocycles. The highest BCUT2D eigenvalue weighted by atomic mass is 35.5. The van der Waals surface area contributed by atoms with E-state index in [4.69, 9.17) is 17.3 Å². The first-order valence-electron chi connectivity index (χ1n) is 8.28. The lowest BCUT2D eigenvalue weighted by molar-refractivity contribution is 0.0999. The maximum absolute atomic E-state index is 13.1. The molecule has 1 aliphatic heterocycles. The van der Waals surface area contributed by atoms with E-state index in [0.29, 0.717) is 10.6 Å². The Morgan fingerprint density at radius 1 is 1.04 bits per heavy atom. The molecule has 0 aromatic heterocycles. The minimum absolute atomic E-state index is 0.309. The second-order valence-corrected chi connectivity index (χ2v) is 6.76. The predicted molar refractivity (Wildman–Crippen MR) is 96.9 cm³/mol. The molecule has 2 aromatic rings. The van der Waals surface area contributed by atoms with Crippen LogP contribution in [0.1, 0.15) is 21.5 Å². The summed E-state index contributed by atoms with van der Waals surface area (Å²) >= 11 is 6.11. The summed E-state index contributed by atoms with van der Waals surface area (Å²) in [5.74, 6) is -0.709. The maximum atomic E-state index is 13.1. The molecule has 0 bridgehead atoms. The molecule has 25 heavy (non-hydrogen) atoms. The number of halogens is 2. The van der Waals surface area contributed by atoms with Crippen LogP contribution < -0.4 is 5.73 Å². The van der Waals surface area contributed by atoms with E-state index in [-0.39, 0.29) is 5.82 Å². The van der Waals surface area contributed by atoms with Crippen LogP contribution in [-0.2, 0) is 13.1 Å². The maximum Gasteiger partial charge on any atom is 0.248 e. The fourth-order valence-electron chi connectivity index (χ4n) is 3.08. The van der Waals surface area contributed by atoms with Crippen LogP contribution in [0.2, 0.25) is 5.02 Å². The zero-order valence-corrected chi connectivity index (χ0v) is 14.7. The van der Waals surface area contributed by atoms with Crippen LogP contribution >= 0.6 is 11.6 Å². The van der Waals surface area contributed by atoms with Crippen molar-refractivity contribution >= 4 is 17.5 Å². The number of hydrogen-bond donors (Lipinski definition) is 1. The van der Waals surface area contributed by atoms with Crippen molar-refractivity contribution in [3.05, 3.63) is 70.0 Å². The summed E-state index contributed by atoms with van der Waals surface area (Å²) in [5, 5.41) is 0.477. The van der Waals surface area contributed by atoms with Crippen molar-refractivity contribution < 1.29 is 9.18 Å². The minimum Gasteiger partial charge on any atom is -0.366 e. The van der Waals surface area contributed by atoms with Gasteiger partial charge in [0.1, 0.15) is 5.82 Å². The normalized spacial score (nSPS) is 16.1. The number of primary amides is 1. The third-order valence-electron chi connectivity index (χ3n) is 4.49. The number of nitrogens with two attached hydrogens (primary N) is 1. The molecule has 1 aliphatic rings. The number of carbonyl (C=O) groups is 1. The summed E-state index contributed by atoms with van der Waals surface area (Å²) in [6.45, 7) is 5.22. The van der Waals surface area contributed by atoms with Crippen LogP contribution in [0.15, 0.2) is 42.5 Å². The second kappa shape index (κ2) is 7.95. The van der Waals surface area contributed by atoms with Crippen LogP contribution in [-0.4, -0.2) is 41.9 Å². The van der Waals surface area contributed by atoms with Gasteiger partial charge >= 0.3 is 0 Å². The lowest BCUT2D eigenvalue weighted by Gasteiger charge is -2.35. The van der Waals surface area contributed by atoms with E-state index in [9.17, 15) is 9.18 Å². The molecule has 1 saturated heterocycles. The van der Waals surface area contributed by atoms with E-state index < -0.39 is 5.91 Å². The number of nitrogens with zero attached hydrogens (tertiary/aromatic N) is 2. The molecular formula is C19H21ClFN3O. The van der Waals surface area contributed by atoms with Gasteiger partial charge in [0, 0.05) is 49.9 Å². The van der Waals surface area contributed by atoms with Gasteiger partial charge in [0.05, 0.1) is 0 Å². The standard InChI is InChI=1S/C19H21ClFN3O/c20-18-11-17(21)5-4-16(18)13-24-8-6-23(7-9-24)12-14-2-1-3-15(10-14)19(22)25/h1-5,10-11H,6-9,12-13H2,(H2,22,25). The van der Waals surface area contributed by atoms with Crippen molar-refractivity contribution in [1.82, 2.24) is 9.80 Å². The highest BCUT2D eigenvalue weighted by Gasteiger charge is 2.18. The van der Waals surface area contributed by atoms with Gasteiger partial charge in [-0.2, -0.15) is 0 Å². The molecule has 4 nitrogen and oxygen atoms in total. The summed E-state index contributed by atoms with van der Waals surface area (Å²) in [6.07, 6.45) is 0. The Morgan fingerprint density at radius 3 is 2.36 bits per heavy atom. The molecule has 132 valence electrons. The van der Waals surface area contributed by atoms with Gasteiger partial charge in [0.15, 0.2) is 0 Å². The smallest absolute Gasteiger partial charge is 0.248 e. The average molecular weight is 362 g/mol. The zero-order chi connectivity index (χ0) is 17.8. The van der Waals surface area contributed by atoms with E-state index in [1.165, 1.54) is 12.1 Å². The highest BCUT2D eigenvalue weighted by molar-refractivity contribution is 6.31. The monoisotopic (exact) mass is 361 g/mol. The van der Waals surface area contributed by atoms with Gasteiger partial charge in [-0.3, -0.25) is 14.6 Å². The number of amides is 1. The summed E-state index contributed by atoms with van der Waals surface area (Å²) in [5.41, 5.74) is 7.92. The largest absolute Gasteiger partial charge is 0.366 e. The van der Waals surface area contributed by atoms with E-state index in [2.05, 4.69) is 9.80 Å². The molecule has 0 unspecified atom stereocenters. The van der Waals surface area contributed by atoms with Crippen molar-refractivity contribution in [3.63, 3.8) is 0 Å². The molecule has 1 fully saturated rings. The number of carbonyl (C=O) groups excluding carboxylic acids is 1. The third kappa shape index (κ3) is 4.78. The second-order valence-electron chi connectivity index (χ2n) is 6.35. The fraction of sp³-hybridized carbons (Fsp3) is 0.316. The molecule has 3 rings (SSSR count). The number of hydrogen-bond acceptors (Lipinski definition) is 3. The number of piperazine rings is 1. The molecule has 0 radical (unpaired) electrons. The van der Waals surface area contributed by atoms with Crippen molar-refractivity contribution in [2.45, 2.75) is 13.1 Å². The Hall–Kier alpha value is -1.95. The molecule has 0 atom stereocenters. The summed E-state index contributed by atoms with van der Waals surface area (Å²) < 4.78 is 13.1. The first-order valence-corrected chi connectivity index (χ1v) is 8.66. The number of benzene rings is 2. The Labute approximate surface area is 152 Å². The Balaban J connectivity index is 1.53.